The molecular weight excluding hydrogens is 442 g/mol. The minimum absolute atomic E-state index is 0.0459. The van der Waals surface area contributed by atoms with E-state index in [0.29, 0.717) is 17.9 Å². The number of amides is 1. The summed E-state index contributed by atoms with van der Waals surface area (Å²) < 4.78 is 5.79. The minimum Gasteiger partial charge on any atom is -0.478 e. The molecule has 0 aliphatic rings. The molecule has 0 aliphatic carbocycles. The maximum absolute atomic E-state index is 12.5. The zero-order chi connectivity index (χ0) is 25.0. The Hall–Kier alpha value is -3.68. The van der Waals surface area contributed by atoms with Gasteiger partial charge in [-0.2, -0.15) is 0 Å². The fraction of sp³-hybridized carbons (Fsp3) is 0.286. The Balaban J connectivity index is 1.38. The molecule has 0 unspecified atom stereocenters. The highest BCUT2D eigenvalue weighted by Gasteiger charge is 2.11. The van der Waals surface area contributed by atoms with Crippen LogP contribution in [0.1, 0.15) is 29.3 Å². The smallest absolute Gasteiger partial charge is 0.335 e. The van der Waals surface area contributed by atoms with E-state index in [0.717, 1.165) is 49.6 Å². The Labute approximate surface area is 206 Å². The number of para-hydroxylation sites is 1. The van der Waals surface area contributed by atoms with Crippen molar-refractivity contribution in [2.75, 3.05) is 38.5 Å². The highest BCUT2D eigenvalue weighted by Crippen LogP contribution is 2.22. The van der Waals surface area contributed by atoms with Crippen LogP contribution in [-0.4, -0.2) is 60.0 Å². The molecule has 3 aromatic carbocycles. The Kier molecular flexibility index (Phi) is 9.83. The van der Waals surface area contributed by atoms with E-state index in [4.69, 9.17) is 9.84 Å². The number of nitrogens with one attached hydrogen (secondary N) is 1. The number of anilines is 1. The SMILES string of the molecule is CCN(CCCN(C)Cc1ccc(C(=O)O)cc1)CC(=O)Nc1ccc(Oc2ccccc2)cc1. The first kappa shape index (κ1) is 25.9. The van der Waals surface area contributed by atoms with Crippen molar-refractivity contribution in [3.8, 4) is 11.5 Å². The maximum Gasteiger partial charge on any atom is 0.335 e. The molecule has 3 rings (SSSR count). The third-order valence-corrected chi connectivity index (χ3v) is 5.60. The molecule has 0 atom stereocenters. The molecule has 0 aliphatic heterocycles. The third kappa shape index (κ3) is 8.88. The summed E-state index contributed by atoms with van der Waals surface area (Å²) in [6, 6.07) is 23.9. The standard InChI is InChI=1S/C28H33N3O4/c1-3-31(19-7-18-30(2)20-22-10-12-23(13-11-22)28(33)34)21-27(32)29-24-14-16-26(17-15-24)35-25-8-5-4-6-9-25/h4-6,8-17H,3,7,18-21H2,1-2H3,(H,29,32)(H,33,34). The second-order valence-electron chi connectivity index (χ2n) is 8.45. The number of hydrogen-bond donors (Lipinski definition) is 2. The molecule has 0 fully saturated rings. The van der Waals surface area contributed by atoms with Crippen molar-refractivity contribution in [3.05, 3.63) is 90.0 Å². The Morgan fingerprint density at radius 1 is 0.886 bits per heavy atom. The summed E-state index contributed by atoms with van der Waals surface area (Å²) >= 11 is 0. The molecule has 0 bridgehead atoms. The van der Waals surface area contributed by atoms with Crippen LogP contribution < -0.4 is 10.1 Å². The molecule has 3 aromatic rings. The number of likely N-dealkylation sites (N-methyl/N-ethyl adjacent to an activating group) is 1. The summed E-state index contributed by atoms with van der Waals surface area (Å²) in [4.78, 5) is 27.8. The van der Waals surface area contributed by atoms with Crippen LogP contribution in [0, 0.1) is 0 Å². The van der Waals surface area contributed by atoms with E-state index in [1.807, 2.05) is 73.8 Å². The predicted molar refractivity (Wildman–Crippen MR) is 138 cm³/mol. The number of benzene rings is 3. The number of carboxylic acids is 1. The summed E-state index contributed by atoms with van der Waals surface area (Å²) in [5.74, 6) is 0.522. The molecular formula is C28H33N3O4. The van der Waals surface area contributed by atoms with E-state index in [-0.39, 0.29) is 5.91 Å². The van der Waals surface area contributed by atoms with Crippen molar-refractivity contribution in [3.63, 3.8) is 0 Å². The van der Waals surface area contributed by atoms with Gasteiger partial charge >= 0.3 is 5.97 Å². The Morgan fingerprint density at radius 2 is 1.54 bits per heavy atom. The maximum atomic E-state index is 12.5. The number of hydrogen-bond acceptors (Lipinski definition) is 5. The van der Waals surface area contributed by atoms with Crippen LogP contribution in [0.4, 0.5) is 5.69 Å². The lowest BCUT2D eigenvalue weighted by atomic mass is 10.1. The molecule has 2 N–H and O–H groups in total. The van der Waals surface area contributed by atoms with Crippen molar-refractivity contribution >= 4 is 17.6 Å². The van der Waals surface area contributed by atoms with Gasteiger partial charge in [-0.3, -0.25) is 9.69 Å². The van der Waals surface area contributed by atoms with Crippen molar-refractivity contribution in [1.82, 2.24) is 9.80 Å². The van der Waals surface area contributed by atoms with Crippen LogP contribution in [0.25, 0.3) is 0 Å². The summed E-state index contributed by atoms with van der Waals surface area (Å²) in [5, 5.41) is 12.0. The molecule has 0 spiro atoms. The van der Waals surface area contributed by atoms with E-state index >= 15 is 0 Å². The molecule has 1 amide bonds. The van der Waals surface area contributed by atoms with Gasteiger partial charge in [0, 0.05) is 12.2 Å². The van der Waals surface area contributed by atoms with Crippen LogP contribution in [0.3, 0.4) is 0 Å². The fourth-order valence-electron chi connectivity index (χ4n) is 3.69. The van der Waals surface area contributed by atoms with Crippen LogP contribution >= 0.6 is 0 Å². The van der Waals surface area contributed by atoms with E-state index < -0.39 is 5.97 Å². The average Bonchev–Trinajstić information content (AvgIpc) is 2.85. The van der Waals surface area contributed by atoms with Crippen LogP contribution in [0.15, 0.2) is 78.9 Å². The first-order valence-corrected chi connectivity index (χ1v) is 11.8. The Bertz CT molecular complexity index is 1070. The summed E-state index contributed by atoms with van der Waals surface area (Å²) in [6.07, 6.45) is 0.927. The van der Waals surface area contributed by atoms with Gasteiger partial charge in [0.25, 0.3) is 0 Å². The van der Waals surface area contributed by atoms with Gasteiger partial charge in [-0.05, 0) is 87.2 Å². The lowest BCUT2D eigenvalue weighted by Gasteiger charge is -2.22. The molecule has 7 nitrogen and oxygen atoms in total. The van der Waals surface area contributed by atoms with Crippen molar-refractivity contribution in [1.29, 1.82) is 0 Å². The molecule has 0 saturated carbocycles. The van der Waals surface area contributed by atoms with Gasteiger partial charge in [0.2, 0.25) is 5.91 Å². The van der Waals surface area contributed by atoms with E-state index in [1.54, 1.807) is 12.1 Å². The summed E-state index contributed by atoms with van der Waals surface area (Å²) in [7, 11) is 2.04. The highest BCUT2D eigenvalue weighted by molar-refractivity contribution is 5.92. The molecule has 0 heterocycles. The first-order valence-electron chi connectivity index (χ1n) is 11.8. The van der Waals surface area contributed by atoms with Gasteiger partial charge < -0.3 is 20.1 Å². The monoisotopic (exact) mass is 475 g/mol. The van der Waals surface area contributed by atoms with Crippen molar-refractivity contribution in [2.45, 2.75) is 19.9 Å². The number of carbonyl (C=O) groups excluding carboxylic acids is 1. The van der Waals surface area contributed by atoms with Gasteiger partial charge in [0.05, 0.1) is 12.1 Å². The van der Waals surface area contributed by atoms with Crippen molar-refractivity contribution < 1.29 is 19.4 Å². The second-order valence-corrected chi connectivity index (χ2v) is 8.45. The topological polar surface area (TPSA) is 82.1 Å². The fourth-order valence-corrected chi connectivity index (χ4v) is 3.69. The number of carbonyl (C=O) groups is 2. The van der Waals surface area contributed by atoms with Crippen LogP contribution in [0.5, 0.6) is 11.5 Å². The van der Waals surface area contributed by atoms with Crippen LogP contribution in [0.2, 0.25) is 0 Å². The molecule has 0 saturated heterocycles. The van der Waals surface area contributed by atoms with Gasteiger partial charge in [0.15, 0.2) is 0 Å². The average molecular weight is 476 g/mol. The number of carboxylic acid groups (broad SMARTS) is 1. The van der Waals surface area contributed by atoms with Crippen LogP contribution in [-0.2, 0) is 11.3 Å². The zero-order valence-electron chi connectivity index (χ0n) is 20.3. The van der Waals surface area contributed by atoms with Gasteiger partial charge in [-0.25, -0.2) is 4.79 Å². The van der Waals surface area contributed by atoms with Gasteiger partial charge in [-0.1, -0.05) is 37.3 Å². The molecule has 0 aromatic heterocycles. The van der Waals surface area contributed by atoms with Crippen molar-refractivity contribution in [2.24, 2.45) is 0 Å². The lowest BCUT2D eigenvalue weighted by molar-refractivity contribution is -0.117. The first-order chi connectivity index (χ1) is 16.9. The highest BCUT2D eigenvalue weighted by atomic mass is 16.5. The zero-order valence-corrected chi connectivity index (χ0v) is 20.3. The molecule has 35 heavy (non-hydrogen) atoms. The second kappa shape index (κ2) is 13.3. The number of nitrogens with zero attached hydrogens (tertiary/aromatic N) is 2. The number of rotatable bonds is 13. The van der Waals surface area contributed by atoms with Gasteiger partial charge in [-0.15, -0.1) is 0 Å². The number of aromatic carboxylic acids is 1. The normalized spacial score (nSPS) is 11.0. The molecule has 0 radical (unpaired) electrons. The quantitative estimate of drug-likeness (QED) is 0.364. The Morgan fingerprint density at radius 3 is 2.17 bits per heavy atom. The van der Waals surface area contributed by atoms with E-state index in [2.05, 4.69) is 22.0 Å². The number of ether oxygens (including phenoxy) is 1. The lowest BCUT2D eigenvalue weighted by Crippen LogP contribution is -2.35. The summed E-state index contributed by atoms with van der Waals surface area (Å²) in [6.45, 7) is 5.61. The minimum atomic E-state index is -0.914. The largest absolute Gasteiger partial charge is 0.478 e. The third-order valence-electron chi connectivity index (χ3n) is 5.60. The molecule has 7 heteroatoms. The molecule has 184 valence electrons. The van der Waals surface area contributed by atoms with E-state index in [1.165, 1.54) is 0 Å². The van der Waals surface area contributed by atoms with Gasteiger partial charge in [0.1, 0.15) is 11.5 Å². The predicted octanol–water partition coefficient (Wildman–Crippen LogP) is 4.96. The van der Waals surface area contributed by atoms with E-state index in [9.17, 15) is 9.59 Å². The summed E-state index contributed by atoms with van der Waals surface area (Å²) in [5.41, 5.74) is 2.11.